The lowest BCUT2D eigenvalue weighted by Gasteiger charge is -2.34. The summed E-state index contributed by atoms with van der Waals surface area (Å²) in [6.07, 6.45) is 1.94. The predicted molar refractivity (Wildman–Crippen MR) is 100.0 cm³/mol. The van der Waals surface area contributed by atoms with E-state index in [1.807, 2.05) is 46.8 Å². The van der Waals surface area contributed by atoms with Gasteiger partial charge in [0.15, 0.2) is 5.13 Å². The van der Waals surface area contributed by atoms with E-state index < -0.39 is 0 Å². The van der Waals surface area contributed by atoms with Gasteiger partial charge in [-0.25, -0.2) is 4.98 Å². The van der Waals surface area contributed by atoms with Gasteiger partial charge in [-0.05, 0) is 17.0 Å². The smallest absolute Gasteiger partial charge is 0.264 e. The number of rotatable bonds is 3. The summed E-state index contributed by atoms with van der Waals surface area (Å²) in [6, 6.07) is 14.1. The summed E-state index contributed by atoms with van der Waals surface area (Å²) in [5.41, 5.74) is 1.20. The minimum atomic E-state index is 0.147. The Bertz CT molecular complexity index is 806. The molecule has 0 unspecified atom stereocenters. The van der Waals surface area contributed by atoms with Crippen LogP contribution < -0.4 is 4.90 Å². The molecule has 4 rings (SSSR count). The summed E-state index contributed by atoms with van der Waals surface area (Å²) in [7, 11) is 0. The van der Waals surface area contributed by atoms with E-state index in [1.54, 1.807) is 11.3 Å². The average Bonchev–Trinajstić information content (AvgIpc) is 3.34. The van der Waals surface area contributed by atoms with Crippen LogP contribution in [0.1, 0.15) is 9.67 Å². The molecule has 122 valence electrons. The number of aromatic nitrogens is 1. The molecule has 0 saturated carbocycles. The highest BCUT2D eigenvalue weighted by Crippen LogP contribution is 2.31. The van der Waals surface area contributed by atoms with Gasteiger partial charge >= 0.3 is 0 Å². The van der Waals surface area contributed by atoms with Crippen LogP contribution in [0.5, 0.6) is 0 Å². The van der Waals surface area contributed by atoms with Crippen LogP contribution in [0.25, 0.3) is 10.4 Å². The van der Waals surface area contributed by atoms with Gasteiger partial charge in [0, 0.05) is 32.4 Å². The molecule has 0 aliphatic carbocycles. The predicted octanol–water partition coefficient (Wildman–Crippen LogP) is 3.83. The van der Waals surface area contributed by atoms with Crippen molar-refractivity contribution in [2.75, 3.05) is 31.1 Å². The van der Waals surface area contributed by atoms with Gasteiger partial charge in [-0.15, -0.1) is 11.3 Å². The van der Waals surface area contributed by atoms with Gasteiger partial charge in [0.1, 0.15) is 0 Å². The molecule has 1 fully saturated rings. The topological polar surface area (TPSA) is 36.4 Å². The molecular formula is C18H17N3OS2. The second-order valence-corrected chi connectivity index (χ2v) is 7.59. The van der Waals surface area contributed by atoms with Crippen LogP contribution in [-0.2, 0) is 0 Å². The highest BCUT2D eigenvalue weighted by molar-refractivity contribution is 7.18. The first-order chi connectivity index (χ1) is 11.8. The molecule has 1 amide bonds. The van der Waals surface area contributed by atoms with E-state index in [1.165, 1.54) is 21.8 Å². The first-order valence-electron chi connectivity index (χ1n) is 7.90. The van der Waals surface area contributed by atoms with Gasteiger partial charge in [-0.2, -0.15) is 0 Å². The van der Waals surface area contributed by atoms with Crippen molar-refractivity contribution in [3.8, 4) is 10.4 Å². The third-order valence-corrected chi connectivity index (χ3v) is 6.09. The number of piperazine rings is 1. The molecule has 0 radical (unpaired) electrons. The Morgan fingerprint density at radius 3 is 2.50 bits per heavy atom. The van der Waals surface area contributed by atoms with E-state index in [0.717, 1.165) is 36.2 Å². The molecule has 1 aliphatic heterocycles. The number of carbonyl (C=O) groups excluding carboxylic acids is 1. The third kappa shape index (κ3) is 3.07. The largest absolute Gasteiger partial charge is 0.345 e. The van der Waals surface area contributed by atoms with Crippen molar-refractivity contribution in [2.45, 2.75) is 0 Å². The van der Waals surface area contributed by atoms with Gasteiger partial charge in [-0.1, -0.05) is 47.7 Å². The van der Waals surface area contributed by atoms with E-state index in [-0.39, 0.29) is 5.91 Å². The molecule has 1 saturated heterocycles. The summed E-state index contributed by atoms with van der Waals surface area (Å²) >= 11 is 3.22. The molecule has 3 aromatic rings. The van der Waals surface area contributed by atoms with E-state index in [4.69, 9.17) is 0 Å². The molecule has 0 bridgehead atoms. The first kappa shape index (κ1) is 15.4. The Hall–Kier alpha value is -2.18. The van der Waals surface area contributed by atoms with Crippen LogP contribution in [0.4, 0.5) is 5.13 Å². The molecule has 6 heteroatoms. The Labute approximate surface area is 149 Å². The monoisotopic (exact) mass is 355 g/mol. The summed E-state index contributed by atoms with van der Waals surface area (Å²) in [5.74, 6) is 0.147. The first-order valence-corrected chi connectivity index (χ1v) is 9.60. The van der Waals surface area contributed by atoms with Crippen LogP contribution in [0, 0.1) is 0 Å². The number of thiazole rings is 1. The number of thiophene rings is 1. The molecule has 4 nitrogen and oxygen atoms in total. The molecule has 2 aromatic heterocycles. The van der Waals surface area contributed by atoms with Crippen molar-refractivity contribution in [3.63, 3.8) is 0 Å². The van der Waals surface area contributed by atoms with Gasteiger partial charge in [0.2, 0.25) is 0 Å². The zero-order chi connectivity index (χ0) is 16.4. The van der Waals surface area contributed by atoms with E-state index in [2.05, 4.69) is 22.0 Å². The van der Waals surface area contributed by atoms with E-state index in [9.17, 15) is 4.79 Å². The maximum Gasteiger partial charge on any atom is 0.264 e. The second-order valence-electron chi connectivity index (χ2n) is 5.63. The minimum absolute atomic E-state index is 0.147. The van der Waals surface area contributed by atoms with Crippen molar-refractivity contribution in [1.82, 2.24) is 9.88 Å². The van der Waals surface area contributed by atoms with Crippen molar-refractivity contribution in [3.05, 3.63) is 58.9 Å². The molecule has 0 N–H and O–H groups in total. The summed E-state index contributed by atoms with van der Waals surface area (Å²) in [5, 5.41) is 2.99. The molecule has 0 atom stereocenters. The lowest BCUT2D eigenvalue weighted by atomic mass is 10.2. The Balaban J connectivity index is 1.41. The summed E-state index contributed by atoms with van der Waals surface area (Å²) in [6.45, 7) is 3.16. The fourth-order valence-corrected chi connectivity index (χ4v) is 4.47. The van der Waals surface area contributed by atoms with Crippen molar-refractivity contribution >= 4 is 33.7 Å². The van der Waals surface area contributed by atoms with Crippen LogP contribution in [0.3, 0.4) is 0 Å². The fraction of sp³-hybridized carbons (Fsp3) is 0.222. The number of benzene rings is 1. The zero-order valence-electron chi connectivity index (χ0n) is 13.1. The number of nitrogens with zero attached hydrogens (tertiary/aromatic N) is 3. The van der Waals surface area contributed by atoms with Gasteiger partial charge in [0.25, 0.3) is 5.91 Å². The highest BCUT2D eigenvalue weighted by atomic mass is 32.1. The molecule has 1 aromatic carbocycles. The number of anilines is 1. The van der Waals surface area contributed by atoms with E-state index >= 15 is 0 Å². The van der Waals surface area contributed by atoms with Crippen molar-refractivity contribution in [1.29, 1.82) is 0 Å². The minimum Gasteiger partial charge on any atom is -0.345 e. The zero-order valence-corrected chi connectivity index (χ0v) is 14.7. The van der Waals surface area contributed by atoms with Gasteiger partial charge in [-0.3, -0.25) is 4.79 Å². The lowest BCUT2D eigenvalue weighted by Crippen LogP contribution is -2.48. The van der Waals surface area contributed by atoms with Crippen molar-refractivity contribution in [2.24, 2.45) is 0 Å². The Kier molecular flexibility index (Phi) is 4.32. The molecule has 1 aliphatic rings. The molecular weight excluding hydrogens is 338 g/mol. The van der Waals surface area contributed by atoms with Gasteiger partial charge < -0.3 is 9.80 Å². The van der Waals surface area contributed by atoms with E-state index in [0.29, 0.717) is 0 Å². The van der Waals surface area contributed by atoms with Crippen LogP contribution in [-0.4, -0.2) is 42.0 Å². The Morgan fingerprint density at radius 2 is 1.79 bits per heavy atom. The average molecular weight is 355 g/mol. The third-order valence-electron chi connectivity index (χ3n) is 4.12. The maximum absolute atomic E-state index is 12.4. The maximum atomic E-state index is 12.4. The normalized spacial score (nSPS) is 14.8. The highest BCUT2D eigenvalue weighted by Gasteiger charge is 2.24. The van der Waals surface area contributed by atoms with Gasteiger partial charge in [0.05, 0.1) is 9.75 Å². The molecule has 24 heavy (non-hydrogen) atoms. The number of hydrogen-bond acceptors (Lipinski definition) is 5. The standard InChI is InChI=1S/C18H17N3OS2/c22-17(15-7-4-12-23-15)20-8-10-21(11-9-20)18-19-13-16(24-18)14-5-2-1-3-6-14/h1-7,12-13H,8-11H2. The SMILES string of the molecule is O=C(c1cccs1)N1CCN(c2ncc(-c3ccccc3)s2)CC1. The second kappa shape index (κ2) is 6.75. The van der Waals surface area contributed by atoms with Crippen LogP contribution in [0.2, 0.25) is 0 Å². The number of amides is 1. The fourth-order valence-electron chi connectivity index (χ4n) is 2.80. The Morgan fingerprint density at radius 1 is 1.00 bits per heavy atom. The number of hydrogen-bond donors (Lipinski definition) is 0. The van der Waals surface area contributed by atoms with Crippen LogP contribution >= 0.6 is 22.7 Å². The molecule has 0 spiro atoms. The van der Waals surface area contributed by atoms with Crippen molar-refractivity contribution < 1.29 is 4.79 Å². The molecule has 3 heterocycles. The summed E-state index contributed by atoms with van der Waals surface area (Å²) in [4.78, 5) is 23.2. The summed E-state index contributed by atoms with van der Waals surface area (Å²) < 4.78 is 0. The quantitative estimate of drug-likeness (QED) is 0.716. The lowest BCUT2D eigenvalue weighted by molar-refractivity contribution is 0.0751. The van der Waals surface area contributed by atoms with Crippen LogP contribution in [0.15, 0.2) is 54.0 Å². The number of carbonyl (C=O) groups is 1.